The monoisotopic (exact) mass is 513 g/mol. The predicted molar refractivity (Wildman–Crippen MR) is 173 cm³/mol. The quantitative estimate of drug-likeness (QED) is 0.206. The molecule has 0 heteroatoms. The summed E-state index contributed by atoms with van der Waals surface area (Å²) in [4.78, 5) is 0. The van der Waals surface area contributed by atoms with Crippen LogP contribution in [0.25, 0.3) is 76.5 Å². The largest absolute Gasteiger partial charge is 0.0636 e. The van der Waals surface area contributed by atoms with Crippen LogP contribution in [-0.4, -0.2) is 0 Å². The molecule has 0 nitrogen and oxygen atoms in total. The van der Waals surface area contributed by atoms with Crippen LogP contribution in [0.2, 0.25) is 0 Å². The zero-order chi connectivity index (χ0) is 32.6. The molecule has 0 fully saturated rings. The highest BCUT2D eigenvalue weighted by Gasteiger charge is 2.17. The van der Waals surface area contributed by atoms with E-state index in [-0.39, 0.29) is 40.5 Å². The van der Waals surface area contributed by atoms with Gasteiger partial charge in [-0.05, 0) is 82.5 Å². The fourth-order valence-corrected chi connectivity index (χ4v) is 5.90. The summed E-state index contributed by atoms with van der Waals surface area (Å²) in [5.74, 6) is 0. The van der Waals surface area contributed by atoms with Crippen molar-refractivity contribution in [1.29, 1.82) is 0 Å². The smallest absolute Gasteiger partial charge is 0.0616 e. The summed E-state index contributed by atoms with van der Waals surface area (Å²) in [6.07, 6.45) is 0. The second-order valence-corrected chi connectivity index (χ2v) is 9.95. The molecule has 8 rings (SSSR count). The lowest BCUT2D eigenvalue weighted by Gasteiger charge is -2.19. The first-order valence-electron chi connectivity index (χ1n) is 16.8. The molecule has 0 unspecified atom stereocenters. The predicted octanol–water partition coefficient (Wildman–Crippen LogP) is 11.3. The van der Waals surface area contributed by atoms with Crippen LogP contribution in [0, 0.1) is 0 Å². The third-order valence-electron chi connectivity index (χ3n) is 7.70. The Morgan fingerprint density at radius 2 is 0.900 bits per heavy atom. The molecule has 0 N–H and O–H groups in total. The van der Waals surface area contributed by atoms with Crippen molar-refractivity contribution in [3.8, 4) is 33.4 Å². The van der Waals surface area contributed by atoms with E-state index in [4.69, 9.17) is 9.60 Å². The van der Waals surface area contributed by atoms with Gasteiger partial charge in [0.1, 0.15) is 0 Å². The van der Waals surface area contributed by atoms with Crippen LogP contribution in [0.15, 0.2) is 158 Å². The molecule has 0 aliphatic heterocycles. The standard InChI is InChI=1S/C40H26/c1-2-12-31-26-32(25-22-27(31)10-1)28-20-23-30(24-21-28)39-35-15-5-7-17-37(35)40(38-18-8-6-16-36(38)39)34-19-9-13-29-11-3-4-14-33(29)34/h1-26H/i1D,2D,10D,12D,22D,25D,26D. The van der Waals surface area contributed by atoms with Crippen molar-refractivity contribution in [1.82, 2.24) is 0 Å². The third-order valence-corrected chi connectivity index (χ3v) is 7.70. The van der Waals surface area contributed by atoms with Gasteiger partial charge in [-0.15, -0.1) is 0 Å². The van der Waals surface area contributed by atoms with Crippen molar-refractivity contribution >= 4 is 43.1 Å². The fourth-order valence-electron chi connectivity index (χ4n) is 5.90. The van der Waals surface area contributed by atoms with Gasteiger partial charge in [-0.1, -0.05) is 152 Å². The Morgan fingerprint density at radius 3 is 1.60 bits per heavy atom. The number of fused-ring (bicyclic) bond motifs is 4. The third kappa shape index (κ3) is 3.61. The molecule has 0 aromatic heterocycles. The van der Waals surface area contributed by atoms with Gasteiger partial charge in [0.15, 0.2) is 0 Å². The molecular weight excluding hydrogens is 480 g/mol. The molecule has 8 aromatic carbocycles. The Balaban J connectivity index is 1.37. The van der Waals surface area contributed by atoms with Crippen LogP contribution in [0.3, 0.4) is 0 Å². The molecule has 0 saturated carbocycles. The lowest BCUT2D eigenvalue weighted by Crippen LogP contribution is -1.91. The number of hydrogen-bond donors (Lipinski definition) is 0. The summed E-state index contributed by atoms with van der Waals surface area (Å²) < 4.78 is 59.4. The molecule has 0 amide bonds. The zero-order valence-electron chi connectivity index (χ0n) is 28.5. The lowest BCUT2D eigenvalue weighted by atomic mass is 9.84. The van der Waals surface area contributed by atoms with Crippen molar-refractivity contribution in [3.05, 3.63) is 158 Å². The molecule has 0 spiro atoms. The van der Waals surface area contributed by atoms with E-state index < -0.39 is 18.1 Å². The van der Waals surface area contributed by atoms with Crippen LogP contribution in [0.1, 0.15) is 9.60 Å². The molecular formula is C40H26. The maximum absolute atomic E-state index is 8.96. The van der Waals surface area contributed by atoms with Gasteiger partial charge in [-0.25, -0.2) is 0 Å². The van der Waals surface area contributed by atoms with Crippen molar-refractivity contribution in [2.75, 3.05) is 0 Å². The first-order chi connectivity index (χ1) is 22.8. The summed E-state index contributed by atoms with van der Waals surface area (Å²) >= 11 is 0. The van der Waals surface area contributed by atoms with Crippen LogP contribution < -0.4 is 0 Å². The Bertz CT molecular complexity index is 2530. The second-order valence-electron chi connectivity index (χ2n) is 9.95. The summed E-state index contributed by atoms with van der Waals surface area (Å²) in [7, 11) is 0. The molecule has 0 saturated heterocycles. The summed E-state index contributed by atoms with van der Waals surface area (Å²) in [6.45, 7) is 0. The van der Waals surface area contributed by atoms with E-state index in [2.05, 4.69) is 78.9 Å². The molecule has 40 heavy (non-hydrogen) atoms. The second kappa shape index (κ2) is 9.22. The van der Waals surface area contributed by atoms with E-state index in [1.807, 2.05) is 36.4 Å². The molecule has 186 valence electrons. The Labute approximate surface area is 243 Å². The SMILES string of the molecule is [2H]c1c([2H])c([2H])c2c([2H])c(-c3ccc(-c4c5ccccc5c(-c5cccc6ccccc56)c5ccccc45)cc3)c([2H])c([2H])c2c1[2H]. The number of rotatable bonds is 3. The highest BCUT2D eigenvalue weighted by atomic mass is 14.2. The molecule has 0 aliphatic rings. The average Bonchev–Trinajstić information content (AvgIpc) is 3.10. The van der Waals surface area contributed by atoms with E-state index in [1.54, 1.807) is 0 Å². The van der Waals surface area contributed by atoms with Gasteiger partial charge in [-0.3, -0.25) is 0 Å². The normalized spacial score (nSPS) is 13.9. The Kier molecular flexibility index (Phi) is 3.85. The van der Waals surface area contributed by atoms with Crippen molar-refractivity contribution in [3.63, 3.8) is 0 Å². The van der Waals surface area contributed by atoms with Crippen LogP contribution in [0.4, 0.5) is 0 Å². The van der Waals surface area contributed by atoms with Gasteiger partial charge in [-0.2, -0.15) is 0 Å². The molecule has 8 aromatic rings. The van der Waals surface area contributed by atoms with Crippen molar-refractivity contribution in [2.24, 2.45) is 0 Å². The maximum atomic E-state index is 8.96. The molecule has 0 radical (unpaired) electrons. The van der Waals surface area contributed by atoms with Gasteiger partial charge >= 0.3 is 0 Å². The van der Waals surface area contributed by atoms with Crippen LogP contribution >= 0.6 is 0 Å². The van der Waals surface area contributed by atoms with Gasteiger partial charge in [0.05, 0.1) is 9.60 Å². The zero-order valence-corrected chi connectivity index (χ0v) is 21.5. The van der Waals surface area contributed by atoms with E-state index in [0.717, 1.165) is 32.7 Å². The molecule has 0 aliphatic carbocycles. The highest BCUT2D eigenvalue weighted by Crippen LogP contribution is 2.45. The minimum atomic E-state index is -0.474. The van der Waals surface area contributed by atoms with Gasteiger partial charge < -0.3 is 0 Å². The van der Waals surface area contributed by atoms with Crippen LogP contribution in [-0.2, 0) is 0 Å². The Morgan fingerprint density at radius 1 is 0.350 bits per heavy atom. The van der Waals surface area contributed by atoms with E-state index in [9.17, 15) is 0 Å². The summed E-state index contributed by atoms with van der Waals surface area (Å²) in [6, 6.07) is 36.9. The molecule has 0 heterocycles. The Hall–Kier alpha value is -5.20. The van der Waals surface area contributed by atoms with E-state index in [1.165, 1.54) is 21.9 Å². The topological polar surface area (TPSA) is 0 Å². The number of benzene rings is 8. The van der Waals surface area contributed by atoms with Crippen LogP contribution in [0.5, 0.6) is 0 Å². The van der Waals surface area contributed by atoms with Crippen molar-refractivity contribution in [2.45, 2.75) is 0 Å². The van der Waals surface area contributed by atoms with E-state index >= 15 is 0 Å². The van der Waals surface area contributed by atoms with Gasteiger partial charge in [0.25, 0.3) is 0 Å². The fraction of sp³-hybridized carbons (Fsp3) is 0. The first kappa shape index (κ1) is 16.7. The van der Waals surface area contributed by atoms with Gasteiger partial charge in [0, 0.05) is 0 Å². The highest BCUT2D eigenvalue weighted by molar-refractivity contribution is 6.23. The minimum absolute atomic E-state index is 0.0444. The van der Waals surface area contributed by atoms with E-state index in [0.29, 0.717) is 5.56 Å². The lowest BCUT2D eigenvalue weighted by molar-refractivity contribution is 1.63. The number of hydrogen-bond acceptors (Lipinski definition) is 0. The summed E-state index contributed by atoms with van der Waals surface area (Å²) in [5.41, 5.74) is 5.07. The molecule has 0 atom stereocenters. The van der Waals surface area contributed by atoms with Crippen molar-refractivity contribution < 1.29 is 9.60 Å². The maximum Gasteiger partial charge on any atom is 0.0636 e. The average molecular weight is 514 g/mol. The minimum Gasteiger partial charge on any atom is -0.0616 e. The van der Waals surface area contributed by atoms with Gasteiger partial charge in [0.2, 0.25) is 0 Å². The summed E-state index contributed by atoms with van der Waals surface area (Å²) in [5, 5.41) is 6.68. The first-order valence-corrected chi connectivity index (χ1v) is 13.3. The molecule has 0 bridgehead atoms.